The van der Waals surface area contributed by atoms with Crippen molar-refractivity contribution in [3.05, 3.63) is 106 Å². The average molecular weight is 593 g/mol. The molecule has 0 aliphatic heterocycles. The molecule has 0 N–H and O–H groups in total. The van der Waals surface area contributed by atoms with E-state index in [1.807, 2.05) is 60.7 Å². The van der Waals surface area contributed by atoms with Gasteiger partial charge in [0.25, 0.3) is 0 Å². The molecule has 44 heavy (non-hydrogen) atoms. The van der Waals surface area contributed by atoms with Crippen molar-refractivity contribution in [2.45, 2.75) is 27.7 Å². The lowest BCUT2D eigenvalue weighted by Gasteiger charge is -2.16. The Morgan fingerprint density at radius 1 is 0.432 bits per heavy atom. The van der Waals surface area contributed by atoms with E-state index in [1.54, 1.807) is 27.7 Å². The number of allylic oxidation sites excluding steroid dienone is 4. The van der Waals surface area contributed by atoms with Crippen LogP contribution in [0, 0.1) is 0 Å². The van der Waals surface area contributed by atoms with Crippen LogP contribution in [0.1, 0.15) is 80.3 Å². The first-order valence-corrected chi connectivity index (χ1v) is 14.6. The predicted octanol–water partition coefficient (Wildman–Crippen LogP) is 7.08. The van der Waals surface area contributed by atoms with Crippen LogP contribution in [0.5, 0.6) is 0 Å². The third-order valence-electron chi connectivity index (χ3n) is 7.35. The van der Waals surface area contributed by atoms with Crippen molar-refractivity contribution >= 4 is 35.0 Å². The second kappa shape index (κ2) is 13.0. The first-order chi connectivity index (χ1) is 21.3. The number of esters is 4. The van der Waals surface area contributed by atoms with Gasteiger partial charge < -0.3 is 18.9 Å². The molecule has 0 aromatic heterocycles. The van der Waals surface area contributed by atoms with E-state index in [1.165, 1.54) is 12.1 Å². The highest BCUT2D eigenvalue weighted by Gasteiger charge is 2.27. The van der Waals surface area contributed by atoms with Crippen molar-refractivity contribution in [1.82, 2.24) is 0 Å². The molecule has 8 nitrogen and oxygen atoms in total. The smallest absolute Gasteiger partial charge is 0.338 e. The van der Waals surface area contributed by atoms with Crippen molar-refractivity contribution in [3.8, 4) is 22.3 Å². The maximum Gasteiger partial charge on any atom is 0.338 e. The van der Waals surface area contributed by atoms with Gasteiger partial charge in [-0.05, 0) is 84.4 Å². The Hall–Kier alpha value is -5.24. The van der Waals surface area contributed by atoms with Crippen LogP contribution in [0.3, 0.4) is 0 Å². The highest BCUT2D eigenvalue weighted by molar-refractivity contribution is 6.11. The maximum absolute atomic E-state index is 12.7. The summed E-state index contributed by atoms with van der Waals surface area (Å²) in [5.41, 5.74) is 7.18. The van der Waals surface area contributed by atoms with Crippen molar-refractivity contribution in [2.24, 2.45) is 0 Å². The van der Waals surface area contributed by atoms with E-state index >= 15 is 0 Å². The summed E-state index contributed by atoms with van der Waals surface area (Å²) in [5.74, 6) is -2.04. The third kappa shape index (κ3) is 5.58. The molecular weight excluding hydrogens is 560 g/mol. The molecule has 5 aliphatic carbocycles. The van der Waals surface area contributed by atoms with Gasteiger partial charge in [-0.1, -0.05) is 60.7 Å². The zero-order chi connectivity index (χ0) is 31.4. The predicted molar refractivity (Wildman–Crippen MR) is 166 cm³/mol. The molecule has 0 heterocycles. The number of ether oxygens (including phenoxy) is 4. The summed E-state index contributed by atoms with van der Waals surface area (Å²) in [7, 11) is 0. The van der Waals surface area contributed by atoms with Gasteiger partial charge in [0.05, 0.1) is 48.7 Å². The molecule has 0 unspecified atom stereocenters. The van der Waals surface area contributed by atoms with Crippen molar-refractivity contribution in [2.75, 3.05) is 26.4 Å². The van der Waals surface area contributed by atoms with E-state index in [2.05, 4.69) is 0 Å². The van der Waals surface area contributed by atoms with Crippen molar-refractivity contribution in [3.63, 3.8) is 0 Å². The quantitative estimate of drug-likeness (QED) is 0.142. The molecule has 0 aromatic carbocycles. The zero-order valence-corrected chi connectivity index (χ0v) is 25.0. The van der Waals surface area contributed by atoms with Crippen LogP contribution in [0.25, 0.3) is 33.4 Å². The lowest BCUT2D eigenvalue weighted by molar-refractivity contribution is 0.0511. The van der Waals surface area contributed by atoms with Crippen molar-refractivity contribution in [1.29, 1.82) is 0 Å². The Morgan fingerprint density at radius 2 is 0.682 bits per heavy atom. The highest BCUT2D eigenvalue weighted by Crippen LogP contribution is 2.40. The van der Waals surface area contributed by atoms with Crippen LogP contribution in [0.15, 0.2) is 72.8 Å². The first-order valence-electron chi connectivity index (χ1n) is 14.6. The van der Waals surface area contributed by atoms with E-state index in [0.717, 1.165) is 22.3 Å². The molecule has 0 fully saturated rings. The number of fused-ring (bicyclic) bond motifs is 2. The normalized spacial score (nSPS) is 12.2. The summed E-state index contributed by atoms with van der Waals surface area (Å²) >= 11 is 0. The van der Waals surface area contributed by atoms with E-state index in [0.29, 0.717) is 44.5 Å². The molecule has 0 aromatic rings. The zero-order valence-electron chi connectivity index (χ0n) is 25.0. The van der Waals surface area contributed by atoms with Gasteiger partial charge >= 0.3 is 23.9 Å². The summed E-state index contributed by atoms with van der Waals surface area (Å²) in [6.45, 7) is 7.74. The molecule has 5 aliphatic rings. The number of hydrogen-bond acceptors (Lipinski definition) is 8. The summed E-state index contributed by atoms with van der Waals surface area (Å²) in [5, 5.41) is 0. The molecule has 0 bridgehead atoms. The van der Waals surface area contributed by atoms with Crippen LogP contribution in [0.4, 0.5) is 0 Å². The molecule has 0 radical (unpaired) electrons. The van der Waals surface area contributed by atoms with Crippen LogP contribution in [-0.2, 0) is 18.9 Å². The first kappa shape index (κ1) is 30.2. The fourth-order valence-corrected chi connectivity index (χ4v) is 5.33. The van der Waals surface area contributed by atoms with Crippen LogP contribution in [0.2, 0.25) is 0 Å². The Labute approximate surface area is 255 Å². The number of hydrogen-bond donors (Lipinski definition) is 0. The van der Waals surface area contributed by atoms with Crippen molar-refractivity contribution < 1.29 is 38.1 Å². The van der Waals surface area contributed by atoms with E-state index in [-0.39, 0.29) is 26.4 Å². The second-order valence-electron chi connectivity index (χ2n) is 9.88. The maximum atomic E-state index is 12.7. The lowest BCUT2D eigenvalue weighted by Crippen LogP contribution is -2.05. The molecule has 0 atom stereocenters. The minimum Gasteiger partial charge on any atom is -0.462 e. The molecule has 0 saturated heterocycles. The van der Waals surface area contributed by atoms with E-state index < -0.39 is 23.9 Å². The Bertz CT molecular complexity index is 1540. The highest BCUT2D eigenvalue weighted by atomic mass is 16.5. The Balaban J connectivity index is 1.60. The van der Waals surface area contributed by atoms with E-state index in [4.69, 9.17) is 18.9 Å². The average Bonchev–Trinajstić information content (AvgIpc) is 3.37. The number of rotatable bonds is 10. The standard InChI is InChI=1S/C36H32O8/c1-5-41-33(37)29-19-30(34(38)42-6-2)26-14-10-21(9-13-25(26)29)23-17-18-24(23)22-11-15-27-28(16-12-22)32(36(40)44-8-4)20-31(27)35(39)43-7-3/h9-20H,5-8H2,1-4H3. The monoisotopic (exact) mass is 592 g/mol. The fraction of sp³-hybridized carbons (Fsp3) is 0.222. The largest absolute Gasteiger partial charge is 0.462 e. The lowest BCUT2D eigenvalue weighted by atomic mass is 9.88. The number of carbonyl (C=O) groups excluding carboxylic acids is 4. The summed E-state index contributed by atoms with van der Waals surface area (Å²) in [4.78, 5) is 50.9. The molecular formula is C36H32O8. The minimum atomic E-state index is -0.510. The molecule has 8 heteroatoms. The minimum absolute atomic E-state index is 0.208. The second-order valence-corrected chi connectivity index (χ2v) is 9.88. The Morgan fingerprint density at radius 3 is 0.886 bits per heavy atom. The molecule has 0 amide bonds. The third-order valence-corrected chi connectivity index (χ3v) is 7.35. The van der Waals surface area contributed by atoms with Crippen LogP contribution in [-0.4, -0.2) is 50.3 Å². The molecule has 0 saturated carbocycles. The molecule has 224 valence electrons. The van der Waals surface area contributed by atoms with Gasteiger partial charge in [-0.2, -0.15) is 0 Å². The SMILES string of the molecule is CCOC(=O)c1cc(C(=O)OCC)c2ccc(C3=C(c4ccc5c(C(=O)OCC)cc(C(=O)OCC)c-5cc4)C=C3)ccc1-2. The van der Waals surface area contributed by atoms with E-state index in [9.17, 15) is 19.2 Å². The topological polar surface area (TPSA) is 105 Å². The van der Waals surface area contributed by atoms with Gasteiger partial charge in [0.15, 0.2) is 0 Å². The van der Waals surface area contributed by atoms with Crippen LogP contribution >= 0.6 is 0 Å². The molecule has 0 spiro atoms. The van der Waals surface area contributed by atoms with Gasteiger partial charge in [0.2, 0.25) is 0 Å². The summed E-state index contributed by atoms with van der Waals surface area (Å²) < 4.78 is 21.0. The van der Waals surface area contributed by atoms with Gasteiger partial charge in [0, 0.05) is 0 Å². The van der Waals surface area contributed by atoms with Gasteiger partial charge in [-0.25, -0.2) is 19.2 Å². The van der Waals surface area contributed by atoms with Crippen LogP contribution < -0.4 is 0 Å². The molecule has 5 rings (SSSR count). The Kier molecular flexibility index (Phi) is 8.90. The van der Waals surface area contributed by atoms with Gasteiger partial charge in [-0.15, -0.1) is 0 Å². The summed E-state index contributed by atoms with van der Waals surface area (Å²) in [6, 6.07) is 17.9. The fourth-order valence-electron chi connectivity index (χ4n) is 5.33. The van der Waals surface area contributed by atoms with Gasteiger partial charge in [-0.3, -0.25) is 0 Å². The summed E-state index contributed by atoms with van der Waals surface area (Å²) in [6.07, 6.45) is 3.96. The van der Waals surface area contributed by atoms with Gasteiger partial charge in [0.1, 0.15) is 0 Å². The number of carbonyl (C=O) groups is 4.